The van der Waals surface area contributed by atoms with Crippen molar-refractivity contribution in [3.8, 4) is 11.5 Å². The molecule has 1 heterocycles. The normalized spacial score (nSPS) is 18.6. The first kappa shape index (κ1) is 11.8. The zero-order valence-corrected chi connectivity index (χ0v) is 11.8. The van der Waals surface area contributed by atoms with Crippen LogP contribution < -0.4 is 10.1 Å². The molecule has 1 fully saturated rings. The molecule has 2 aromatic carbocycles. The van der Waals surface area contributed by atoms with Crippen LogP contribution in [0.5, 0.6) is 11.5 Å². The molecule has 2 aromatic rings. The third kappa shape index (κ3) is 1.71. The molecule has 1 N–H and O–H groups in total. The second-order valence-electron chi connectivity index (χ2n) is 6.17. The fourth-order valence-corrected chi connectivity index (χ4v) is 3.58. The summed E-state index contributed by atoms with van der Waals surface area (Å²) in [5.41, 5.74) is 3.92. The maximum Gasteiger partial charge on any atom is 0.151 e. The van der Waals surface area contributed by atoms with Gasteiger partial charge in [-0.2, -0.15) is 0 Å². The molecule has 20 heavy (non-hydrogen) atoms. The van der Waals surface area contributed by atoms with E-state index in [0.29, 0.717) is 0 Å². The fourth-order valence-electron chi connectivity index (χ4n) is 3.58. The lowest BCUT2D eigenvalue weighted by atomic mass is 9.79. The maximum absolute atomic E-state index is 6.06. The van der Waals surface area contributed by atoms with Crippen LogP contribution in [0.25, 0.3) is 0 Å². The summed E-state index contributed by atoms with van der Waals surface area (Å²) in [7, 11) is 0. The van der Waals surface area contributed by atoms with E-state index in [0.717, 1.165) is 22.9 Å². The van der Waals surface area contributed by atoms with Crippen LogP contribution in [0.2, 0.25) is 0 Å². The van der Waals surface area contributed by atoms with Crippen LogP contribution in [0.15, 0.2) is 42.5 Å². The molecule has 4 rings (SSSR count). The fraction of sp³-hybridized carbons (Fsp3) is 0.333. The molecule has 0 unspecified atom stereocenters. The molecular formula is C18H19NO. The molecule has 2 nitrogen and oxygen atoms in total. The molecular weight excluding hydrogens is 246 g/mol. The molecule has 2 aliphatic rings. The zero-order chi connectivity index (χ0) is 13.6. The van der Waals surface area contributed by atoms with E-state index in [1.165, 1.54) is 31.2 Å². The van der Waals surface area contributed by atoms with Crippen molar-refractivity contribution in [3.05, 3.63) is 48.0 Å². The topological polar surface area (TPSA) is 21.3 Å². The Hall–Kier alpha value is -1.96. The summed E-state index contributed by atoms with van der Waals surface area (Å²) in [5, 5.41) is 3.59. The Labute approximate surface area is 119 Å². The van der Waals surface area contributed by atoms with Gasteiger partial charge < -0.3 is 10.1 Å². The highest BCUT2D eigenvalue weighted by Crippen LogP contribution is 2.50. The van der Waals surface area contributed by atoms with E-state index < -0.39 is 0 Å². The summed E-state index contributed by atoms with van der Waals surface area (Å²) in [4.78, 5) is 0. The van der Waals surface area contributed by atoms with Gasteiger partial charge in [0.2, 0.25) is 0 Å². The van der Waals surface area contributed by atoms with Crippen LogP contribution in [-0.2, 0) is 5.41 Å². The lowest BCUT2D eigenvalue weighted by Gasteiger charge is -2.31. The van der Waals surface area contributed by atoms with Gasteiger partial charge in [-0.05, 0) is 42.0 Å². The van der Waals surface area contributed by atoms with Crippen molar-refractivity contribution in [1.82, 2.24) is 0 Å². The van der Waals surface area contributed by atoms with Gasteiger partial charge in [0.15, 0.2) is 11.5 Å². The molecule has 1 aliphatic heterocycles. The quantitative estimate of drug-likeness (QED) is 0.639. The van der Waals surface area contributed by atoms with Crippen LogP contribution in [0.4, 0.5) is 11.4 Å². The van der Waals surface area contributed by atoms with E-state index in [4.69, 9.17) is 4.74 Å². The van der Waals surface area contributed by atoms with Crippen molar-refractivity contribution < 1.29 is 4.74 Å². The van der Waals surface area contributed by atoms with Gasteiger partial charge in [-0.15, -0.1) is 0 Å². The highest BCUT2D eigenvalue weighted by Gasteiger charge is 2.34. The van der Waals surface area contributed by atoms with E-state index >= 15 is 0 Å². The van der Waals surface area contributed by atoms with Crippen molar-refractivity contribution in [2.45, 2.75) is 38.0 Å². The Morgan fingerprint density at radius 1 is 0.950 bits per heavy atom. The predicted octanol–water partition coefficient (Wildman–Crippen LogP) is 5.37. The average molecular weight is 265 g/mol. The third-order valence-corrected chi connectivity index (χ3v) is 4.75. The number of hydrogen-bond donors (Lipinski definition) is 1. The summed E-state index contributed by atoms with van der Waals surface area (Å²) in [5.74, 6) is 1.86. The van der Waals surface area contributed by atoms with E-state index in [1.54, 1.807) is 0 Å². The van der Waals surface area contributed by atoms with Crippen molar-refractivity contribution >= 4 is 11.4 Å². The van der Waals surface area contributed by atoms with Crippen LogP contribution in [0, 0.1) is 0 Å². The number of rotatable bonds is 1. The number of nitrogens with one attached hydrogen (secondary N) is 1. The first-order chi connectivity index (χ1) is 9.76. The standard InChI is InChI=1S/C18H19NO/c1-18(11-4-5-12-18)13-7-6-10-16-17(13)19-14-8-2-3-9-15(14)20-16/h2-3,6-10,19H,4-5,11-12H2,1H3. The molecule has 0 bridgehead atoms. The monoisotopic (exact) mass is 265 g/mol. The van der Waals surface area contributed by atoms with E-state index in [1.807, 2.05) is 18.2 Å². The number of ether oxygens (including phenoxy) is 1. The van der Waals surface area contributed by atoms with Crippen LogP contribution in [0.3, 0.4) is 0 Å². The highest BCUT2D eigenvalue weighted by molar-refractivity contribution is 5.78. The molecule has 2 heteroatoms. The maximum atomic E-state index is 6.06. The lowest BCUT2D eigenvalue weighted by molar-refractivity contribution is 0.465. The SMILES string of the molecule is CC1(c2cccc3c2Nc2ccccc2O3)CCCC1. The Morgan fingerprint density at radius 2 is 1.70 bits per heavy atom. The number of fused-ring (bicyclic) bond motifs is 2. The highest BCUT2D eigenvalue weighted by atomic mass is 16.5. The van der Waals surface area contributed by atoms with Crippen molar-refractivity contribution in [2.75, 3.05) is 5.32 Å². The summed E-state index contributed by atoms with van der Waals surface area (Å²) in [6.07, 6.45) is 5.20. The Bertz CT molecular complexity index is 656. The van der Waals surface area contributed by atoms with Gasteiger partial charge in [0.05, 0.1) is 11.4 Å². The number of anilines is 2. The summed E-state index contributed by atoms with van der Waals surface area (Å²) >= 11 is 0. The second-order valence-corrected chi connectivity index (χ2v) is 6.17. The number of benzene rings is 2. The number of para-hydroxylation sites is 3. The van der Waals surface area contributed by atoms with Crippen LogP contribution in [0.1, 0.15) is 38.2 Å². The molecule has 1 saturated carbocycles. The molecule has 0 saturated heterocycles. The van der Waals surface area contributed by atoms with E-state index in [-0.39, 0.29) is 5.41 Å². The molecule has 0 radical (unpaired) electrons. The minimum absolute atomic E-state index is 0.286. The lowest BCUT2D eigenvalue weighted by Crippen LogP contribution is -2.19. The zero-order valence-electron chi connectivity index (χ0n) is 11.8. The van der Waals surface area contributed by atoms with E-state index in [9.17, 15) is 0 Å². The predicted molar refractivity (Wildman–Crippen MR) is 82.1 cm³/mol. The smallest absolute Gasteiger partial charge is 0.151 e. The summed E-state index contributed by atoms with van der Waals surface area (Å²) < 4.78 is 6.06. The molecule has 102 valence electrons. The Balaban J connectivity index is 1.82. The minimum Gasteiger partial charge on any atom is -0.453 e. The van der Waals surface area contributed by atoms with Crippen molar-refractivity contribution in [2.24, 2.45) is 0 Å². The molecule has 0 atom stereocenters. The van der Waals surface area contributed by atoms with Crippen LogP contribution in [-0.4, -0.2) is 0 Å². The largest absolute Gasteiger partial charge is 0.453 e. The first-order valence-corrected chi connectivity index (χ1v) is 7.44. The molecule has 0 amide bonds. The van der Waals surface area contributed by atoms with Gasteiger partial charge in [-0.3, -0.25) is 0 Å². The first-order valence-electron chi connectivity index (χ1n) is 7.44. The third-order valence-electron chi connectivity index (χ3n) is 4.75. The van der Waals surface area contributed by atoms with Gasteiger partial charge in [0.25, 0.3) is 0 Å². The van der Waals surface area contributed by atoms with Crippen molar-refractivity contribution in [1.29, 1.82) is 0 Å². The Kier molecular flexibility index (Phi) is 2.53. The van der Waals surface area contributed by atoms with E-state index in [2.05, 4.69) is 36.5 Å². The minimum atomic E-state index is 0.286. The second kappa shape index (κ2) is 4.27. The van der Waals surface area contributed by atoms with Gasteiger partial charge in [0.1, 0.15) is 0 Å². The summed E-state index contributed by atoms with van der Waals surface area (Å²) in [6, 6.07) is 14.6. The number of hydrogen-bond acceptors (Lipinski definition) is 2. The van der Waals surface area contributed by atoms with Crippen molar-refractivity contribution in [3.63, 3.8) is 0 Å². The van der Waals surface area contributed by atoms with Gasteiger partial charge in [-0.25, -0.2) is 0 Å². The average Bonchev–Trinajstić information content (AvgIpc) is 2.92. The molecule has 1 aliphatic carbocycles. The van der Waals surface area contributed by atoms with Gasteiger partial charge >= 0.3 is 0 Å². The molecule has 0 aromatic heterocycles. The van der Waals surface area contributed by atoms with Gasteiger partial charge in [-0.1, -0.05) is 44.0 Å². The Morgan fingerprint density at radius 3 is 2.55 bits per heavy atom. The molecule has 0 spiro atoms. The summed E-state index contributed by atoms with van der Waals surface area (Å²) in [6.45, 7) is 2.39. The van der Waals surface area contributed by atoms with Crippen LogP contribution >= 0.6 is 0 Å². The van der Waals surface area contributed by atoms with Gasteiger partial charge in [0, 0.05) is 0 Å².